The van der Waals surface area contributed by atoms with Gasteiger partial charge in [0.05, 0.1) is 33.7 Å². The maximum absolute atomic E-state index is 12.0. The van der Waals surface area contributed by atoms with Crippen molar-refractivity contribution in [2.45, 2.75) is 102 Å². The average molecular weight is 447 g/mol. The van der Waals surface area contributed by atoms with Crippen LogP contribution in [0.2, 0.25) is 0 Å². The first kappa shape index (κ1) is 29.3. The monoisotopic (exact) mass is 446 g/mol. The Morgan fingerprint density at radius 3 is 1.71 bits per heavy atom. The zero-order valence-corrected chi connectivity index (χ0v) is 19.7. The van der Waals surface area contributed by atoms with Crippen LogP contribution >= 0.6 is 0 Å². The van der Waals surface area contributed by atoms with Crippen molar-refractivity contribution in [1.29, 1.82) is 0 Å². The molecule has 0 aliphatic rings. The van der Waals surface area contributed by atoms with Gasteiger partial charge in [0.15, 0.2) is 6.10 Å². The van der Waals surface area contributed by atoms with Crippen molar-refractivity contribution in [1.82, 2.24) is 0 Å². The third-order valence-electron chi connectivity index (χ3n) is 5.05. The molecule has 0 amide bonds. The highest BCUT2D eigenvalue weighted by atomic mass is 16.5. The second kappa shape index (κ2) is 17.0. The molecular weight excluding hydrogens is 402 g/mol. The van der Waals surface area contributed by atoms with Crippen molar-refractivity contribution < 1.29 is 38.9 Å². The van der Waals surface area contributed by atoms with Gasteiger partial charge in [-0.05, 0) is 25.7 Å². The number of aliphatic carboxylic acids is 2. The van der Waals surface area contributed by atoms with Crippen LogP contribution in [0, 0.1) is 0 Å². The van der Waals surface area contributed by atoms with E-state index in [1.165, 1.54) is 0 Å². The summed E-state index contributed by atoms with van der Waals surface area (Å²) in [7, 11) is 5.79. The molecule has 2 atom stereocenters. The topological polar surface area (TPSA) is 121 Å². The summed E-state index contributed by atoms with van der Waals surface area (Å²) in [6.07, 6.45) is 9.06. The van der Waals surface area contributed by atoms with Crippen LogP contribution in [0.3, 0.4) is 0 Å². The van der Waals surface area contributed by atoms with E-state index in [0.717, 1.165) is 64.2 Å². The van der Waals surface area contributed by atoms with Crippen LogP contribution in [0.1, 0.15) is 89.9 Å². The standard InChI is InChI=1S/C23H43NO7/c1-24(2,3)18-20(17-22(28)29)31-23(30)16-12-8-7-10-14-19(25)13-9-5-4-6-11-15-21(26)27/h19-20,25H,4-18H2,1-3H3,(H-,26,27,28,29)/p+1. The number of nitrogens with zero attached hydrogens (tertiary/aromatic N) is 1. The highest BCUT2D eigenvalue weighted by molar-refractivity contribution is 5.71. The number of carbonyl (C=O) groups is 3. The van der Waals surface area contributed by atoms with Gasteiger partial charge in [-0.1, -0.05) is 44.9 Å². The van der Waals surface area contributed by atoms with Gasteiger partial charge < -0.3 is 24.5 Å². The van der Waals surface area contributed by atoms with E-state index in [1.807, 2.05) is 21.1 Å². The first-order valence-corrected chi connectivity index (χ1v) is 11.6. The van der Waals surface area contributed by atoms with Crippen LogP contribution < -0.4 is 0 Å². The predicted octanol–water partition coefficient (Wildman–Crippen LogP) is 3.60. The molecule has 31 heavy (non-hydrogen) atoms. The molecule has 0 bridgehead atoms. The molecule has 0 aromatic rings. The number of carboxylic acid groups (broad SMARTS) is 2. The number of likely N-dealkylation sites (N-methyl/N-ethyl adjacent to an activating group) is 1. The Morgan fingerprint density at radius 2 is 1.23 bits per heavy atom. The van der Waals surface area contributed by atoms with Gasteiger partial charge >= 0.3 is 17.9 Å². The minimum absolute atomic E-state index is 0.179. The Balaban J connectivity index is 3.73. The van der Waals surface area contributed by atoms with Crippen molar-refractivity contribution in [2.24, 2.45) is 0 Å². The van der Waals surface area contributed by atoms with Gasteiger partial charge in [0, 0.05) is 12.8 Å². The second-order valence-electron chi connectivity index (χ2n) is 9.49. The van der Waals surface area contributed by atoms with Crippen LogP contribution in [0.5, 0.6) is 0 Å². The molecule has 0 spiro atoms. The molecule has 0 fully saturated rings. The van der Waals surface area contributed by atoms with E-state index in [-0.39, 0.29) is 31.3 Å². The Hall–Kier alpha value is -1.67. The fourth-order valence-corrected chi connectivity index (χ4v) is 3.53. The van der Waals surface area contributed by atoms with E-state index in [1.54, 1.807) is 0 Å². The zero-order valence-electron chi connectivity index (χ0n) is 19.7. The molecule has 0 heterocycles. The van der Waals surface area contributed by atoms with Crippen molar-refractivity contribution in [3.63, 3.8) is 0 Å². The smallest absolute Gasteiger partial charge is 0.307 e. The van der Waals surface area contributed by atoms with Crippen LogP contribution in [0.25, 0.3) is 0 Å². The number of quaternary nitrogens is 1. The highest BCUT2D eigenvalue weighted by Crippen LogP contribution is 2.14. The van der Waals surface area contributed by atoms with Crippen molar-refractivity contribution in [3.05, 3.63) is 0 Å². The summed E-state index contributed by atoms with van der Waals surface area (Å²) in [4.78, 5) is 33.4. The molecule has 2 unspecified atom stereocenters. The van der Waals surface area contributed by atoms with Crippen molar-refractivity contribution in [2.75, 3.05) is 27.7 Å². The third-order valence-corrected chi connectivity index (χ3v) is 5.05. The Labute approximate surface area is 187 Å². The Kier molecular flexibility index (Phi) is 16.0. The maximum atomic E-state index is 12.0. The van der Waals surface area contributed by atoms with E-state index in [9.17, 15) is 19.5 Å². The normalized spacial score (nSPS) is 13.5. The van der Waals surface area contributed by atoms with Gasteiger partial charge in [-0.3, -0.25) is 14.4 Å². The van der Waals surface area contributed by atoms with E-state index in [2.05, 4.69) is 0 Å². The molecule has 0 aromatic heterocycles. The SMILES string of the molecule is C[N+](C)(C)CC(CC(=O)O)OC(=O)CCCCCCC(O)CCCCCCCC(=O)O. The number of hydrogen-bond donors (Lipinski definition) is 3. The van der Waals surface area contributed by atoms with Gasteiger partial charge in [-0.25, -0.2) is 0 Å². The molecule has 0 aliphatic carbocycles. The number of hydrogen-bond acceptors (Lipinski definition) is 5. The Bertz CT molecular complexity index is 517. The number of rotatable bonds is 20. The van der Waals surface area contributed by atoms with Gasteiger partial charge in [0.2, 0.25) is 0 Å². The van der Waals surface area contributed by atoms with Crippen LogP contribution in [0.4, 0.5) is 0 Å². The van der Waals surface area contributed by atoms with E-state index in [0.29, 0.717) is 17.4 Å². The molecule has 0 aliphatic heterocycles. The number of ether oxygens (including phenoxy) is 1. The summed E-state index contributed by atoms with van der Waals surface area (Å²) in [5.74, 6) is -2.05. The van der Waals surface area contributed by atoms with Crippen LogP contribution in [-0.4, -0.2) is 77.6 Å². The molecule has 3 N–H and O–H groups in total. The maximum Gasteiger partial charge on any atom is 0.307 e. The van der Waals surface area contributed by atoms with Crippen molar-refractivity contribution in [3.8, 4) is 0 Å². The summed E-state index contributed by atoms with van der Waals surface area (Å²) in [6.45, 7) is 0.457. The average Bonchev–Trinajstić information content (AvgIpc) is 2.61. The molecule has 0 aromatic carbocycles. The highest BCUT2D eigenvalue weighted by Gasteiger charge is 2.24. The summed E-state index contributed by atoms with van der Waals surface area (Å²) < 4.78 is 5.89. The molecule has 8 heteroatoms. The molecule has 8 nitrogen and oxygen atoms in total. The second-order valence-corrected chi connectivity index (χ2v) is 9.49. The minimum atomic E-state index is -0.969. The largest absolute Gasteiger partial charge is 0.481 e. The number of aliphatic hydroxyl groups excluding tert-OH is 1. The third kappa shape index (κ3) is 21.4. The first-order valence-electron chi connectivity index (χ1n) is 11.6. The van der Waals surface area contributed by atoms with Gasteiger partial charge in [0.1, 0.15) is 6.54 Å². The fraction of sp³-hybridized carbons (Fsp3) is 0.870. The zero-order chi connectivity index (χ0) is 23.7. The molecule has 0 radical (unpaired) electrons. The summed E-state index contributed by atoms with van der Waals surface area (Å²) in [6, 6.07) is 0. The molecular formula is C23H44NO7+. The number of carboxylic acids is 2. The lowest BCUT2D eigenvalue weighted by Crippen LogP contribution is -2.43. The minimum Gasteiger partial charge on any atom is -0.481 e. The molecule has 0 saturated carbocycles. The first-order chi connectivity index (χ1) is 14.5. The number of esters is 1. The van der Waals surface area contributed by atoms with Gasteiger partial charge in [-0.2, -0.15) is 0 Å². The fourth-order valence-electron chi connectivity index (χ4n) is 3.53. The lowest BCUT2D eigenvalue weighted by molar-refractivity contribution is -0.873. The summed E-state index contributed by atoms with van der Waals surface area (Å²) >= 11 is 0. The van der Waals surface area contributed by atoms with Gasteiger partial charge in [0.25, 0.3) is 0 Å². The Morgan fingerprint density at radius 1 is 0.742 bits per heavy atom. The number of aliphatic hydroxyl groups is 1. The molecule has 182 valence electrons. The number of unbranched alkanes of at least 4 members (excludes halogenated alkanes) is 7. The quantitative estimate of drug-likeness (QED) is 0.148. The predicted molar refractivity (Wildman–Crippen MR) is 119 cm³/mol. The lowest BCUT2D eigenvalue weighted by atomic mass is 10.0. The van der Waals surface area contributed by atoms with E-state index in [4.69, 9.17) is 14.9 Å². The molecule has 0 saturated heterocycles. The summed E-state index contributed by atoms with van der Waals surface area (Å²) in [5.41, 5.74) is 0. The lowest BCUT2D eigenvalue weighted by Gasteiger charge is -2.28. The number of carbonyl (C=O) groups excluding carboxylic acids is 1. The van der Waals surface area contributed by atoms with Crippen molar-refractivity contribution >= 4 is 17.9 Å². The van der Waals surface area contributed by atoms with Crippen LogP contribution in [0.15, 0.2) is 0 Å². The van der Waals surface area contributed by atoms with Crippen LogP contribution in [-0.2, 0) is 19.1 Å². The van der Waals surface area contributed by atoms with E-state index >= 15 is 0 Å². The molecule has 0 rings (SSSR count). The van der Waals surface area contributed by atoms with Gasteiger partial charge in [-0.15, -0.1) is 0 Å². The van der Waals surface area contributed by atoms with E-state index < -0.39 is 18.0 Å². The summed E-state index contributed by atoms with van der Waals surface area (Å²) in [5, 5.41) is 27.6.